The van der Waals surface area contributed by atoms with E-state index in [2.05, 4.69) is 9.97 Å². The molecule has 0 fully saturated rings. The summed E-state index contributed by atoms with van der Waals surface area (Å²) in [4.78, 5) is 16.4. The van der Waals surface area contributed by atoms with Crippen molar-refractivity contribution in [2.75, 3.05) is 0 Å². The Kier molecular flexibility index (Phi) is 0.625. The van der Waals surface area contributed by atoms with E-state index in [9.17, 15) is 4.79 Å². The van der Waals surface area contributed by atoms with E-state index in [1.165, 1.54) is 12.1 Å². The largest absolute Gasteiger partial charge is 0.348 e. The monoisotopic (exact) mass is 138 g/mol. The van der Waals surface area contributed by atoms with Crippen molar-refractivity contribution in [2.45, 2.75) is 0 Å². The molecule has 2 aromatic heterocycles. The number of aromatic amines is 2. The summed E-state index contributed by atoms with van der Waals surface area (Å²) in [5.41, 5.74) is 0.209. The normalized spacial score (nSPS) is 13.2. The minimum Gasteiger partial charge on any atom is -0.348 e. The SMILES string of the molecule is [3H]c1cc(=O)c2cc([3H])[nH]c2[nH]1. The maximum Gasteiger partial charge on any atom is 0.190 e. The number of rotatable bonds is 0. The van der Waals surface area contributed by atoms with Crippen molar-refractivity contribution in [3.05, 3.63) is 34.7 Å². The van der Waals surface area contributed by atoms with Crippen molar-refractivity contribution in [3.63, 3.8) is 0 Å². The molecule has 0 aliphatic rings. The Labute approximate surface area is 59.5 Å². The molecule has 0 aromatic carbocycles. The fraction of sp³-hybridized carbons (Fsp3) is 0. The molecule has 0 amide bonds. The van der Waals surface area contributed by atoms with Gasteiger partial charge >= 0.3 is 0 Å². The van der Waals surface area contributed by atoms with Gasteiger partial charge in [-0.25, -0.2) is 0 Å². The third kappa shape index (κ3) is 0.572. The van der Waals surface area contributed by atoms with Crippen LogP contribution in [0.15, 0.2) is 29.3 Å². The third-order valence-corrected chi connectivity index (χ3v) is 1.35. The molecule has 2 N–H and O–H groups in total. The molecular weight excluding hydrogens is 128 g/mol. The highest BCUT2D eigenvalue weighted by atomic mass is 16.1. The number of fused-ring (bicyclic) bond motifs is 1. The first-order valence-corrected chi connectivity index (χ1v) is 2.86. The zero-order valence-electron chi connectivity index (χ0n) is 7.06. The van der Waals surface area contributed by atoms with Crippen molar-refractivity contribution >= 4 is 11.0 Å². The highest BCUT2D eigenvalue weighted by Gasteiger charge is 1.94. The number of hydrogen-bond acceptors (Lipinski definition) is 1. The van der Waals surface area contributed by atoms with E-state index in [1.54, 1.807) is 0 Å². The average Bonchev–Trinajstić information content (AvgIpc) is 2.29. The molecule has 3 nitrogen and oxygen atoms in total. The molecule has 2 rings (SSSR count). The zero-order valence-corrected chi connectivity index (χ0v) is 5.06. The average molecular weight is 138 g/mol. The smallest absolute Gasteiger partial charge is 0.190 e. The van der Waals surface area contributed by atoms with Gasteiger partial charge in [-0.3, -0.25) is 4.79 Å². The Morgan fingerprint density at radius 3 is 2.80 bits per heavy atom. The predicted octanol–water partition coefficient (Wildman–Crippen LogP) is 0.856. The van der Waals surface area contributed by atoms with Gasteiger partial charge in [0, 0.05) is 18.4 Å². The first-order valence-electron chi connectivity index (χ1n) is 3.86. The van der Waals surface area contributed by atoms with Crippen LogP contribution in [0.3, 0.4) is 0 Å². The van der Waals surface area contributed by atoms with Gasteiger partial charge in [0.15, 0.2) is 5.43 Å². The second kappa shape index (κ2) is 1.73. The summed E-state index contributed by atoms with van der Waals surface area (Å²) < 4.78 is 14.4. The second-order valence-corrected chi connectivity index (χ2v) is 1.98. The van der Waals surface area contributed by atoms with Crippen LogP contribution in [0.4, 0.5) is 0 Å². The van der Waals surface area contributed by atoms with E-state index in [0.717, 1.165) is 0 Å². The van der Waals surface area contributed by atoms with Gasteiger partial charge in [-0.05, 0) is 6.07 Å². The van der Waals surface area contributed by atoms with Crippen LogP contribution in [0, 0.1) is 0 Å². The van der Waals surface area contributed by atoms with Crippen LogP contribution in [-0.2, 0) is 0 Å². The van der Waals surface area contributed by atoms with Gasteiger partial charge < -0.3 is 9.97 Å². The van der Waals surface area contributed by atoms with Crippen LogP contribution in [0.25, 0.3) is 11.0 Å². The summed E-state index contributed by atoms with van der Waals surface area (Å²) in [6, 6.07) is 2.63. The number of pyridine rings is 1. The molecule has 0 saturated carbocycles. The van der Waals surface area contributed by atoms with Crippen molar-refractivity contribution in [2.24, 2.45) is 0 Å². The lowest BCUT2D eigenvalue weighted by Gasteiger charge is -1.84. The molecule has 50 valence electrons. The zero-order chi connectivity index (χ0) is 8.72. The lowest BCUT2D eigenvalue weighted by atomic mass is 10.3. The molecule has 2 aromatic rings. The van der Waals surface area contributed by atoms with Gasteiger partial charge in [-0.2, -0.15) is 0 Å². The number of H-pyrrole nitrogens is 2. The topological polar surface area (TPSA) is 48.6 Å². The molecule has 0 unspecified atom stereocenters. The minimum atomic E-state index is -0.233. The summed E-state index contributed by atoms with van der Waals surface area (Å²) in [6.45, 7) is 0. The maximum absolute atomic E-state index is 11.2. The quantitative estimate of drug-likeness (QED) is 0.557. The molecule has 10 heavy (non-hydrogen) atoms. The van der Waals surface area contributed by atoms with Gasteiger partial charge in [0.25, 0.3) is 0 Å². The standard InChI is InChI=1S/C7H6N2O/c10-6-2-4-9-7-5(6)1-3-8-7/h1-4H,(H2,8,9,10)/i3T,4T. The molecule has 0 aliphatic heterocycles. The highest BCUT2D eigenvalue weighted by Crippen LogP contribution is 2.00. The van der Waals surface area contributed by atoms with Crippen LogP contribution in [-0.4, -0.2) is 9.97 Å². The highest BCUT2D eigenvalue weighted by molar-refractivity contribution is 5.74. The molecule has 0 radical (unpaired) electrons. The van der Waals surface area contributed by atoms with Gasteiger partial charge in [-0.1, -0.05) is 0 Å². The lowest BCUT2D eigenvalue weighted by Crippen LogP contribution is -1.97. The minimum absolute atomic E-state index is 0.0503. The summed E-state index contributed by atoms with van der Waals surface area (Å²) in [6.07, 6.45) is 0.221. The van der Waals surface area contributed by atoms with E-state index in [-0.39, 0.29) is 17.8 Å². The second-order valence-electron chi connectivity index (χ2n) is 1.98. The first kappa shape index (κ1) is 3.61. The van der Waals surface area contributed by atoms with Gasteiger partial charge in [0.2, 0.25) is 0 Å². The van der Waals surface area contributed by atoms with E-state index in [4.69, 9.17) is 2.74 Å². The summed E-state index contributed by atoms with van der Waals surface area (Å²) in [5, 5.41) is 0.427. The van der Waals surface area contributed by atoms with Crippen LogP contribution >= 0.6 is 0 Å². The van der Waals surface area contributed by atoms with Crippen molar-refractivity contribution < 1.29 is 2.74 Å². The number of nitrogens with one attached hydrogen (secondary N) is 2. The van der Waals surface area contributed by atoms with E-state index in [0.29, 0.717) is 11.0 Å². The molecule has 0 spiro atoms. The Morgan fingerprint density at radius 1 is 1.30 bits per heavy atom. The van der Waals surface area contributed by atoms with E-state index in [1.807, 2.05) is 0 Å². The fourth-order valence-electron chi connectivity index (χ4n) is 0.864. The molecule has 2 heterocycles. The molecule has 0 atom stereocenters. The first-order chi connectivity index (χ1) is 5.66. The Hall–Kier alpha value is -1.51. The molecule has 3 heteroatoms. The van der Waals surface area contributed by atoms with E-state index < -0.39 is 0 Å². The van der Waals surface area contributed by atoms with E-state index >= 15 is 0 Å². The van der Waals surface area contributed by atoms with Gasteiger partial charge in [0.05, 0.1) is 8.13 Å². The van der Waals surface area contributed by atoms with Crippen LogP contribution in [0.5, 0.6) is 0 Å². The Balaban J connectivity index is 2.98. The Bertz CT molecular complexity index is 486. The molecule has 0 saturated heterocycles. The predicted molar refractivity (Wildman–Crippen MR) is 38.9 cm³/mol. The third-order valence-electron chi connectivity index (χ3n) is 1.35. The van der Waals surface area contributed by atoms with Gasteiger partial charge in [-0.15, -0.1) is 0 Å². The van der Waals surface area contributed by atoms with Crippen LogP contribution < -0.4 is 5.43 Å². The van der Waals surface area contributed by atoms with Crippen molar-refractivity contribution in [3.8, 4) is 0 Å². The number of aromatic nitrogens is 2. The van der Waals surface area contributed by atoms with Crippen molar-refractivity contribution in [1.29, 1.82) is 0 Å². The summed E-state index contributed by atoms with van der Waals surface area (Å²) >= 11 is 0. The van der Waals surface area contributed by atoms with Crippen LogP contribution in [0.2, 0.25) is 0 Å². The Morgan fingerprint density at radius 2 is 2.00 bits per heavy atom. The summed E-state index contributed by atoms with van der Waals surface area (Å²) in [7, 11) is 0. The lowest BCUT2D eigenvalue weighted by molar-refractivity contribution is 1.32. The fourth-order valence-corrected chi connectivity index (χ4v) is 0.864. The molecule has 0 bridgehead atoms. The maximum atomic E-state index is 11.2. The number of hydrogen-bond donors (Lipinski definition) is 2. The molecule has 0 aliphatic carbocycles. The summed E-state index contributed by atoms with van der Waals surface area (Å²) in [5.74, 6) is 0. The molecular formula is C7H6N2O. The van der Waals surface area contributed by atoms with Gasteiger partial charge in [0.1, 0.15) is 5.65 Å². The van der Waals surface area contributed by atoms with Crippen LogP contribution in [0.1, 0.15) is 2.74 Å². The van der Waals surface area contributed by atoms with Crippen molar-refractivity contribution in [1.82, 2.24) is 9.97 Å².